The first-order valence-electron chi connectivity index (χ1n) is 9.04. The Kier molecular flexibility index (Phi) is 5.02. The Bertz CT molecular complexity index is 1050. The summed E-state index contributed by atoms with van der Waals surface area (Å²) in [6, 6.07) is 19.2. The molecule has 0 bridgehead atoms. The lowest BCUT2D eigenvalue weighted by Gasteiger charge is -2.05. The van der Waals surface area contributed by atoms with E-state index in [1.807, 2.05) is 35.2 Å². The summed E-state index contributed by atoms with van der Waals surface area (Å²) in [6.45, 7) is 0.626. The van der Waals surface area contributed by atoms with E-state index in [0.29, 0.717) is 13.0 Å². The lowest BCUT2D eigenvalue weighted by molar-refractivity contribution is 0.622. The zero-order valence-electron chi connectivity index (χ0n) is 15.1. The maximum Gasteiger partial charge on any atom is 0.123 e. The molecule has 0 saturated heterocycles. The first-order chi connectivity index (χ1) is 13.6. The SMILES string of the molecule is Fc1cccc(CCn2cc(-c3cccc(F)c3)c(-c3cccc(F)c3)c2)c1. The molecule has 0 aliphatic heterocycles. The minimum absolute atomic E-state index is 0.258. The van der Waals surface area contributed by atoms with Gasteiger partial charge in [-0.3, -0.25) is 0 Å². The molecule has 0 radical (unpaired) electrons. The highest BCUT2D eigenvalue weighted by Gasteiger charge is 2.13. The molecule has 0 fully saturated rings. The van der Waals surface area contributed by atoms with Gasteiger partial charge in [0.15, 0.2) is 0 Å². The van der Waals surface area contributed by atoms with Crippen LogP contribution in [0, 0.1) is 17.5 Å². The van der Waals surface area contributed by atoms with Crippen molar-refractivity contribution >= 4 is 0 Å². The highest BCUT2D eigenvalue weighted by atomic mass is 19.1. The molecule has 4 heteroatoms. The monoisotopic (exact) mass is 377 g/mol. The molecule has 4 rings (SSSR count). The predicted octanol–water partition coefficient (Wildman–Crippen LogP) is 6.48. The standard InChI is InChI=1S/C24H18F3N/c25-20-7-1-4-17(12-20)10-11-28-15-23(18-5-2-8-21(26)13-18)24(16-28)19-6-3-9-22(27)14-19/h1-9,12-16H,10-11H2. The van der Waals surface area contributed by atoms with Crippen LogP contribution >= 0.6 is 0 Å². The van der Waals surface area contributed by atoms with Crippen molar-refractivity contribution in [1.82, 2.24) is 4.57 Å². The van der Waals surface area contributed by atoms with Crippen LogP contribution in [0.25, 0.3) is 22.3 Å². The van der Waals surface area contributed by atoms with Crippen molar-refractivity contribution in [2.45, 2.75) is 13.0 Å². The maximum atomic E-state index is 13.8. The molecule has 1 aromatic heterocycles. The zero-order chi connectivity index (χ0) is 19.5. The van der Waals surface area contributed by atoms with E-state index in [9.17, 15) is 13.2 Å². The van der Waals surface area contributed by atoms with Crippen LogP contribution in [0.4, 0.5) is 13.2 Å². The molecule has 0 aliphatic rings. The first-order valence-corrected chi connectivity index (χ1v) is 9.04. The molecule has 0 spiro atoms. The molecule has 0 aliphatic carbocycles. The van der Waals surface area contributed by atoms with Crippen molar-refractivity contribution in [2.24, 2.45) is 0 Å². The number of nitrogens with zero attached hydrogens (tertiary/aromatic N) is 1. The Morgan fingerprint density at radius 2 is 1.11 bits per heavy atom. The summed E-state index contributed by atoms with van der Waals surface area (Å²) in [6.07, 6.45) is 4.50. The normalized spacial score (nSPS) is 11.0. The summed E-state index contributed by atoms with van der Waals surface area (Å²) < 4.78 is 42.9. The van der Waals surface area contributed by atoms with Gasteiger partial charge in [-0.2, -0.15) is 0 Å². The quantitative estimate of drug-likeness (QED) is 0.375. The van der Waals surface area contributed by atoms with E-state index in [1.165, 1.54) is 36.4 Å². The van der Waals surface area contributed by atoms with E-state index >= 15 is 0 Å². The summed E-state index contributed by atoms with van der Waals surface area (Å²) in [5.74, 6) is -0.906. The minimum atomic E-state index is -0.324. The van der Waals surface area contributed by atoms with Gasteiger partial charge in [-0.15, -0.1) is 0 Å². The van der Waals surface area contributed by atoms with Crippen molar-refractivity contribution < 1.29 is 13.2 Å². The fourth-order valence-electron chi connectivity index (χ4n) is 3.36. The van der Waals surface area contributed by atoms with Gasteiger partial charge >= 0.3 is 0 Å². The van der Waals surface area contributed by atoms with Crippen LogP contribution in [0.15, 0.2) is 85.2 Å². The number of rotatable bonds is 5. The Morgan fingerprint density at radius 1 is 0.607 bits per heavy atom. The molecular weight excluding hydrogens is 359 g/mol. The van der Waals surface area contributed by atoms with Gasteiger partial charge in [-0.1, -0.05) is 36.4 Å². The van der Waals surface area contributed by atoms with Gasteiger partial charge in [0.1, 0.15) is 17.5 Å². The third-order valence-corrected chi connectivity index (χ3v) is 4.70. The summed E-state index contributed by atoms with van der Waals surface area (Å²) in [5, 5.41) is 0. The molecule has 1 nitrogen and oxygen atoms in total. The van der Waals surface area contributed by atoms with Gasteiger partial charge in [0, 0.05) is 30.1 Å². The Balaban J connectivity index is 1.71. The second-order valence-electron chi connectivity index (χ2n) is 6.72. The third-order valence-electron chi connectivity index (χ3n) is 4.70. The van der Waals surface area contributed by atoms with E-state index in [4.69, 9.17) is 0 Å². The van der Waals surface area contributed by atoms with Gasteiger partial charge in [0.25, 0.3) is 0 Å². The van der Waals surface area contributed by atoms with Gasteiger partial charge in [0.05, 0.1) is 0 Å². The molecule has 0 amide bonds. The van der Waals surface area contributed by atoms with E-state index in [1.54, 1.807) is 18.2 Å². The fourth-order valence-corrected chi connectivity index (χ4v) is 3.36. The van der Waals surface area contributed by atoms with E-state index in [-0.39, 0.29) is 17.5 Å². The van der Waals surface area contributed by atoms with Crippen molar-refractivity contribution in [1.29, 1.82) is 0 Å². The highest BCUT2D eigenvalue weighted by Crippen LogP contribution is 2.34. The van der Waals surface area contributed by atoms with E-state index < -0.39 is 0 Å². The fraction of sp³-hybridized carbons (Fsp3) is 0.0833. The number of aryl methyl sites for hydroxylation is 2. The zero-order valence-corrected chi connectivity index (χ0v) is 15.1. The second kappa shape index (κ2) is 7.77. The molecule has 28 heavy (non-hydrogen) atoms. The van der Waals surface area contributed by atoms with Crippen LogP contribution in [0.3, 0.4) is 0 Å². The third kappa shape index (κ3) is 4.01. The number of benzene rings is 3. The Hall–Kier alpha value is -3.27. The number of hydrogen-bond acceptors (Lipinski definition) is 0. The molecule has 0 saturated carbocycles. The van der Waals surface area contributed by atoms with Gasteiger partial charge in [-0.05, 0) is 59.5 Å². The van der Waals surface area contributed by atoms with Gasteiger partial charge < -0.3 is 4.57 Å². The smallest absolute Gasteiger partial charge is 0.123 e. The number of hydrogen-bond donors (Lipinski definition) is 0. The largest absolute Gasteiger partial charge is 0.353 e. The Labute approximate surface area is 161 Å². The molecule has 0 N–H and O–H groups in total. The van der Waals surface area contributed by atoms with Crippen LogP contribution < -0.4 is 0 Å². The molecular formula is C24H18F3N. The van der Waals surface area contributed by atoms with Crippen molar-refractivity contribution in [2.75, 3.05) is 0 Å². The molecule has 0 atom stereocenters. The van der Waals surface area contributed by atoms with Gasteiger partial charge in [0.2, 0.25) is 0 Å². The lowest BCUT2D eigenvalue weighted by Crippen LogP contribution is -1.98. The summed E-state index contributed by atoms with van der Waals surface area (Å²) in [5.41, 5.74) is 3.99. The van der Waals surface area contributed by atoms with Crippen molar-refractivity contribution in [3.8, 4) is 22.3 Å². The second-order valence-corrected chi connectivity index (χ2v) is 6.72. The molecule has 1 heterocycles. The topological polar surface area (TPSA) is 4.93 Å². The van der Waals surface area contributed by atoms with E-state index in [2.05, 4.69) is 0 Å². The van der Waals surface area contributed by atoms with Crippen LogP contribution in [-0.2, 0) is 13.0 Å². The van der Waals surface area contributed by atoms with Crippen LogP contribution in [-0.4, -0.2) is 4.57 Å². The molecule has 140 valence electrons. The average molecular weight is 377 g/mol. The summed E-state index contributed by atoms with van der Waals surface area (Å²) in [4.78, 5) is 0. The first kappa shape index (κ1) is 18.1. The number of aromatic nitrogens is 1. The molecule has 4 aromatic rings. The van der Waals surface area contributed by atoms with Crippen molar-refractivity contribution in [3.63, 3.8) is 0 Å². The predicted molar refractivity (Wildman–Crippen MR) is 105 cm³/mol. The van der Waals surface area contributed by atoms with E-state index in [0.717, 1.165) is 27.8 Å². The summed E-state index contributed by atoms with van der Waals surface area (Å²) >= 11 is 0. The maximum absolute atomic E-state index is 13.8. The number of halogens is 3. The average Bonchev–Trinajstić information content (AvgIpc) is 3.11. The van der Waals surface area contributed by atoms with Crippen LogP contribution in [0.5, 0.6) is 0 Å². The van der Waals surface area contributed by atoms with Crippen LogP contribution in [0.2, 0.25) is 0 Å². The van der Waals surface area contributed by atoms with Gasteiger partial charge in [-0.25, -0.2) is 13.2 Å². The molecule has 3 aromatic carbocycles. The molecule has 0 unspecified atom stereocenters. The lowest BCUT2D eigenvalue weighted by atomic mass is 9.99. The minimum Gasteiger partial charge on any atom is -0.353 e. The summed E-state index contributed by atoms with van der Waals surface area (Å²) in [7, 11) is 0. The highest BCUT2D eigenvalue weighted by molar-refractivity contribution is 5.83. The van der Waals surface area contributed by atoms with Crippen LogP contribution in [0.1, 0.15) is 5.56 Å². The Morgan fingerprint density at radius 3 is 1.61 bits per heavy atom. The van der Waals surface area contributed by atoms with Crippen molar-refractivity contribution in [3.05, 3.63) is 108 Å².